The molecule has 0 radical (unpaired) electrons. The Labute approximate surface area is 145 Å². The van der Waals surface area contributed by atoms with Gasteiger partial charge in [0.05, 0.1) is 6.61 Å². The summed E-state index contributed by atoms with van der Waals surface area (Å²) in [7, 11) is 3.66. The number of guanidine groups is 1. The standard InChI is InChI=1S/C19H30N4O/c1-15-12-17-6-4-5-7-18(17)23(15)11-9-21-19(20-2)22-10-8-16(13-22)14-24-3/h4-7,15-16H,8-14H2,1-3H3,(H,20,21). The van der Waals surface area contributed by atoms with Crippen LogP contribution >= 0.6 is 0 Å². The van der Waals surface area contributed by atoms with Gasteiger partial charge in [-0.3, -0.25) is 4.99 Å². The van der Waals surface area contributed by atoms with E-state index in [2.05, 4.69) is 51.3 Å². The van der Waals surface area contributed by atoms with Crippen LogP contribution in [0.2, 0.25) is 0 Å². The van der Waals surface area contributed by atoms with Crippen molar-refractivity contribution in [3.8, 4) is 0 Å². The zero-order valence-electron chi connectivity index (χ0n) is 15.2. The molecule has 0 aromatic heterocycles. The Kier molecular flexibility index (Phi) is 5.61. The van der Waals surface area contributed by atoms with E-state index in [0.29, 0.717) is 12.0 Å². The molecule has 5 heteroatoms. The molecule has 2 atom stereocenters. The van der Waals surface area contributed by atoms with Crippen LogP contribution in [0.1, 0.15) is 18.9 Å². The number of hydrogen-bond donors (Lipinski definition) is 1. The molecule has 0 bridgehead atoms. The predicted molar refractivity (Wildman–Crippen MR) is 99.9 cm³/mol. The zero-order chi connectivity index (χ0) is 16.9. The fourth-order valence-corrected chi connectivity index (χ4v) is 3.99. The quantitative estimate of drug-likeness (QED) is 0.662. The largest absolute Gasteiger partial charge is 0.384 e. The lowest BCUT2D eigenvalue weighted by atomic mass is 10.1. The number of nitrogens with zero attached hydrogens (tertiary/aromatic N) is 3. The maximum atomic E-state index is 5.29. The molecule has 1 aromatic rings. The van der Waals surface area contributed by atoms with Crippen LogP contribution in [-0.2, 0) is 11.2 Å². The third kappa shape index (κ3) is 3.66. The van der Waals surface area contributed by atoms with Crippen LogP contribution in [0.3, 0.4) is 0 Å². The lowest BCUT2D eigenvalue weighted by Crippen LogP contribution is -2.44. The Balaban J connectivity index is 1.51. The number of benzene rings is 1. The molecule has 1 aromatic carbocycles. The second-order valence-corrected chi connectivity index (χ2v) is 6.91. The number of nitrogens with one attached hydrogen (secondary N) is 1. The molecule has 0 amide bonds. The van der Waals surface area contributed by atoms with Crippen LogP contribution < -0.4 is 10.2 Å². The minimum absolute atomic E-state index is 0.573. The molecule has 2 aliphatic heterocycles. The first-order valence-corrected chi connectivity index (χ1v) is 9.02. The molecule has 0 saturated carbocycles. The molecule has 1 N–H and O–H groups in total. The first-order chi connectivity index (χ1) is 11.7. The second-order valence-electron chi connectivity index (χ2n) is 6.91. The van der Waals surface area contributed by atoms with Crippen LogP contribution in [0.15, 0.2) is 29.3 Å². The molecule has 2 unspecified atom stereocenters. The average Bonchev–Trinajstić information content (AvgIpc) is 3.16. The van der Waals surface area contributed by atoms with E-state index in [1.165, 1.54) is 17.7 Å². The molecular formula is C19H30N4O. The summed E-state index contributed by atoms with van der Waals surface area (Å²) in [5, 5.41) is 3.55. The van der Waals surface area contributed by atoms with Gasteiger partial charge in [0.2, 0.25) is 0 Å². The van der Waals surface area contributed by atoms with Crippen molar-refractivity contribution in [2.24, 2.45) is 10.9 Å². The van der Waals surface area contributed by atoms with Crippen molar-refractivity contribution >= 4 is 11.6 Å². The van der Waals surface area contributed by atoms with Crippen LogP contribution in [0.4, 0.5) is 5.69 Å². The van der Waals surface area contributed by atoms with Crippen molar-refractivity contribution in [2.45, 2.75) is 25.8 Å². The second kappa shape index (κ2) is 7.88. The number of methoxy groups -OCH3 is 1. The highest BCUT2D eigenvalue weighted by Gasteiger charge is 2.26. The number of ether oxygens (including phenoxy) is 1. The van der Waals surface area contributed by atoms with Crippen molar-refractivity contribution in [3.05, 3.63) is 29.8 Å². The summed E-state index contributed by atoms with van der Waals surface area (Å²) in [6.07, 6.45) is 2.33. The fraction of sp³-hybridized carbons (Fsp3) is 0.632. The predicted octanol–water partition coefficient (Wildman–Crippen LogP) is 1.98. The highest BCUT2D eigenvalue weighted by molar-refractivity contribution is 5.80. The summed E-state index contributed by atoms with van der Waals surface area (Å²) in [5.41, 5.74) is 2.86. The van der Waals surface area contributed by atoms with Crippen LogP contribution in [0, 0.1) is 5.92 Å². The number of aliphatic imine (C=N–C) groups is 1. The molecular weight excluding hydrogens is 300 g/mol. The highest BCUT2D eigenvalue weighted by Crippen LogP contribution is 2.31. The van der Waals surface area contributed by atoms with E-state index in [-0.39, 0.29) is 0 Å². The molecule has 3 rings (SSSR count). The minimum Gasteiger partial charge on any atom is -0.384 e. The number of para-hydroxylation sites is 1. The summed E-state index contributed by atoms with van der Waals surface area (Å²) < 4.78 is 5.29. The monoisotopic (exact) mass is 330 g/mol. The smallest absolute Gasteiger partial charge is 0.193 e. The van der Waals surface area contributed by atoms with E-state index in [1.54, 1.807) is 7.11 Å². The molecule has 24 heavy (non-hydrogen) atoms. The van der Waals surface area contributed by atoms with Crippen LogP contribution in [-0.4, -0.2) is 63.8 Å². The lowest BCUT2D eigenvalue weighted by Gasteiger charge is -2.27. The van der Waals surface area contributed by atoms with E-state index < -0.39 is 0 Å². The molecule has 0 spiro atoms. The third-order valence-corrected chi connectivity index (χ3v) is 5.18. The van der Waals surface area contributed by atoms with E-state index in [0.717, 1.165) is 45.2 Å². The number of fused-ring (bicyclic) bond motifs is 1. The molecule has 2 aliphatic rings. The maximum Gasteiger partial charge on any atom is 0.193 e. The van der Waals surface area contributed by atoms with E-state index >= 15 is 0 Å². The van der Waals surface area contributed by atoms with Gasteiger partial charge < -0.3 is 19.9 Å². The number of rotatable bonds is 5. The Bertz CT molecular complexity index is 574. The van der Waals surface area contributed by atoms with Gasteiger partial charge in [-0.1, -0.05) is 18.2 Å². The summed E-state index contributed by atoms with van der Waals surface area (Å²) in [6.45, 7) is 7.18. The van der Waals surface area contributed by atoms with Gasteiger partial charge in [0, 0.05) is 58.0 Å². The molecule has 5 nitrogen and oxygen atoms in total. The Morgan fingerprint density at radius 1 is 1.38 bits per heavy atom. The van der Waals surface area contributed by atoms with E-state index in [4.69, 9.17) is 4.74 Å². The summed E-state index contributed by atoms with van der Waals surface area (Å²) in [6, 6.07) is 9.33. The molecule has 2 heterocycles. The first kappa shape index (κ1) is 17.1. The fourth-order valence-electron chi connectivity index (χ4n) is 3.99. The normalized spacial score (nSPS) is 23.7. The third-order valence-electron chi connectivity index (χ3n) is 5.18. The number of anilines is 1. The Morgan fingerprint density at radius 2 is 2.21 bits per heavy atom. The van der Waals surface area contributed by atoms with Gasteiger partial charge in [-0.2, -0.15) is 0 Å². The summed E-state index contributed by atoms with van der Waals surface area (Å²) in [4.78, 5) is 9.32. The number of likely N-dealkylation sites (tertiary alicyclic amines) is 1. The topological polar surface area (TPSA) is 40.1 Å². The van der Waals surface area contributed by atoms with Crippen molar-refractivity contribution in [1.82, 2.24) is 10.2 Å². The van der Waals surface area contributed by atoms with E-state index in [1.807, 2.05) is 7.05 Å². The van der Waals surface area contributed by atoms with Gasteiger partial charge >= 0.3 is 0 Å². The van der Waals surface area contributed by atoms with E-state index in [9.17, 15) is 0 Å². The number of hydrogen-bond acceptors (Lipinski definition) is 3. The van der Waals surface area contributed by atoms with Crippen LogP contribution in [0.25, 0.3) is 0 Å². The minimum atomic E-state index is 0.573. The molecule has 1 fully saturated rings. The Morgan fingerprint density at radius 3 is 3.00 bits per heavy atom. The van der Waals surface area contributed by atoms with Crippen molar-refractivity contribution in [3.63, 3.8) is 0 Å². The van der Waals surface area contributed by atoms with Gasteiger partial charge in [0.25, 0.3) is 0 Å². The van der Waals surface area contributed by atoms with Crippen molar-refractivity contribution in [2.75, 3.05) is 51.8 Å². The molecule has 132 valence electrons. The van der Waals surface area contributed by atoms with Gasteiger partial charge in [0.1, 0.15) is 0 Å². The summed E-state index contributed by atoms with van der Waals surface area (Å²) >= 11 is 0. The lowest BCUT2D eigenvalue weighted by molar-refractivity contribution is 0.157. The molecule has 1 saturated heterocycles. The van der Waals surface area contributed by atoms with Gasteiger partial charge in [0.15, 0.2) is 5.96 Å². The molecule has 0 aliphatic carbocycles. The SMILES string of the molecule is CN=C(NCCN1c2ccccc2CC1C)N1CCC(COC)C1. The first-order valence-electron chi connectivity index (χ1n) is 9.02. The average molecular weight is 330 g/mol. The van der Waals surface area contributed by atoms with Crippen LogP contribution in [0.5, 0.6) is 0 Å². The zero-order valence-corrected chi connectivity index (χ0v) is 15.2. The highest BCUT2D eigenvalue weighted by atomic mass is 16.5. The van der Waals surface area contributed by atoms with Crippen molar-refractivity contribution < 1.29 is 4.74 Å². The van der Waals surface area contributed by atoms with Crippen molar-refractivity contribution in [1.29, 1.82) is 0 Å². The van der Waals surface area contributed by atoms with Gasteiger partial charge in [-0.25, -0.2) is 0 Å². The summed E-state index contributed by atoms with van der Waals surface area (Å²) in [5.74, 6) is 1.65. The van der Waals surface area contributed by atoms with Gasteiger partial charge in [-0.15, -0.1) is 0 Å². The van der Waals surface area contributed by atoms with Gasteiger partial charge in [-0.05, 0) is 31.4 Å². The maximum absolute atomic E-state index is 5.29. The Hall–Kier alpha value is -1.75.